The van der Waals surface area contributed by atoms with E-state index in [1.807, 2.05) is 6.07 Å². The third kappa shape index (κ3) is 4.76. The van der Waals surface area contributed by atoms with Crippen molar-refractivity contribution in [1.29, 1.82) is 0 Å². The fourth-order valence-corrected chi connectivity index (χ4v) is 6.36. The van der Waals surface area contributed by atoms with Crippen LogP contribution in [0.1, 0.15) is 18.1 Å². The van der Waals surface area contributed by atoms with E-state index in [2.05, 4.69) is 153 Å². The van der Waals surface area contributed by atoms with Crippen LogP contribution >= 0.6 is 0 Å². The summed E-state index contributed by atoms with van der Waals surface area (Å²) in [6, 6.07) is 55.0. The third-order valence-electron chi connectivity index (χ3n) is 8.48. The molecule has 0 heterocycles. The van der Waals surface area contributed by atoms with Gasteiger partial charge >= 0.3 is 0 Å². The molecule has 200 valence electrons. The second-order valence-corrected chi connectivity index (χ2v) is 10.9. The molecule has 0 N–H and O–H groups in total. The number of para-hydroxylation sites is 1. The van der Waals surface area contributed by atoms with Crippen molar-refractivity contribution in [2.24, 2.45) is 0 Å². The highest BCUT2D eigenvalue weighted by molar-refractivity contribution is 7.01. The summed E-state index contributed by atoms with van der Waals surface area (Å²) in [5.41, 5.74) is 7.32. The van der Waals surface area contributed by atoms with E-state index in [-0.39, 0.29) is 6.71 Å². The lowest BCUT2D eigenvalue weighted by atomic mass is 9.34. The second-order valence-electron chi connectivity index (χ2n) is 10.9. The summed E-state index contributed by atoms with van der Waals surface area (Å²) in [6.07, 6.45) is 0. The lowest BCUT2D eigenvalue weighted by Gasteiger charge is -2.24. The van der Waals surface area contributed by atoms with Crippen LogP contribution in [0.15, 0.2) is 152 Å². The molecule has 0 radical (unpaired) electrons. The topological polar surface area (TPSA) is 9.23 Å². The molecular weight excluding hydrogens is 507 g/mol. The molecule has 1 nitrogen and oxygen atoms in total. The molecule has 2 heteroatoms. The van der Waals surface area contributed by atoms with E-state index in [9.17, 15) is 0 Å². The molecule has 0 amide bonds. The summed E-state index contributed by atoms with van der Waals surface area (Å²) in [5.74, 6) is 0.879. The van der Waals surface area contributed by atoms with E-state index in [0.717, 1.165) is 11.3 Å². The van der Waals surface area contributed by atoms with E-state index in [1.54, 1.807) is 7.11 Å². The van der Waals surface area contributed by atoms with Crippen LogP contribution in [-0.4, -0.2) is 13.8 Å². The molecule has 42 heavy (non-hydrogen) atoms. The van der Waals surface area contributed by atoms with Crippen molar-refractivity contribution in [3.63, 3.8) is 0 Å². The number of hydrogen-bond donors (Lipinski definition) is 0. The largest absolute Gasteiger partial charge is 0.496 e. The Morgan fingerprint density at radius 3 is 1.48 bits per heavy atom. The van der Waals surface area contributed by atoms with Gasteiger partial charge < -0.3 is 4.74 Å². The number of benzene rings is 7. The number of allylic oxidation sites excluding steroid dienone is 1. The van der Waals surface area contributed by atoms with Gasteiger partial charge in [0.1, 0.15) is 5.75 Å². The second kappa shape index (κ2) is 11.1. The van der Waals surface area contributed by atoms with Crippen LogP contribution in [0.5, 0.6) is 5.75 Å². The Labute approximate surface area is 247 Å². The van der Waals surface area contributed by atoms with Gasteiger partial charge in [-0.3, -0.25) is 0 Å². The van der Waals surface area contributed by atoms with Crippen molar-refractivity contribution < 1.29 is 4.74 Å². The first-order chi connectivity index (χ1) is 20.7. The zero-order valence-corrected chi connectivity index (χ0v) is 23.9. The van der Waals surface area contributed by atoms with Crippen LogP contribution < -0.4 is 15.7 Å². The Morgan fingerprint density at radius 1 is 0.476 bits per heavy atom. The minimum absolute atomic E-state index is 0.00899. The summed E-state index contributed by atoms with van der Waals surface area (Å²) in [6.45, 7) is 2.24. The van der Waals surface area contributed by atoms with Crippen LogP contribution in [-0.2, 0) is 0 Å². The number of hydrogen-bond acceptors (Lipinski definition) is 1. The molecule has 0 spiro atoms. The maximum atomic E-state index is 5.90. The van der Waals surface area contributed by atoms with Crippen LogP contribution in [0.3, 0.4) is 0 Å². The quantitative estimate of drug-likeness (QED) is 0.152. The molecule has 0 saturated carbocycles. The van der Waals surface area contributed by atoms with Gasteiger partial charge in [0.15, 0.2) is 0 Å². The van der Waals surface area contributed by atoms with Gasteiger partial charge in [-0.05, 0) is 62.5 Å². The van der Waals surface area contributed by atoms with E-state index >= 15 is 0 Å². The van der Waals surface area contributed by atoms with Gasteiger partial charge in [0.25, 0.3) is 0 Å². The molecule has 7 rings (SSSR count). The van der Waals surface area contributed by atoms with Crippen molar-refractivity contribution >= 4 is 61.0 Å². The summed E-state index contributed by atoms with van der Waals surface area (Å²) >= 11 is 0. The Hall–Kier alpha value is -5.08. The van der Waals surface area contributed by atoms with Crippen molar-refractivity contribution in [3.05, 3.63) is 163 Å². The lowest BCUT2D eigenvalue weighted by Crippen LogP contribution is -2.44. The van der Waals surface area contributed by atoms with Crippen molar-refractivity contribution in [1.82, 2.24) is 0 Å². The Balaban J connectivity index is 1.57. The van der Waals surface area contributed by atoms with Crippen LogP contribution in [0.25, 0.3) is 43.4 Å². The summed E-state index contributed by atoms with van der Waals surface area (Å²) in [7, 11) is 1.76. The first-order valence-electron chi connectivity index (χ1n) is 14.5. The summed E-state index contributed by atoms with van der Waals surface area (Å²) < 4.78 is 5.90. The maximum Gasteiger partial charge on any atom is 0.242 e. The normalized spacial score (nSPS) is 12.0. The highest BCUT2D eigenvalue weighted by atomic mass is 16.5. The number of methoxy groups -OCH3 is 1. The fraction of sp³-hybridized carbons (Fsp3) is 0.0500. The van der Waals surface area contributed by atoms with Crippen molar-refractivity contribution in [2.75, 3.05) is 7.11 Å². The van der Waals surface area contributed by atoms with Crippen LogP contribution in [0.2, 0.25) is 0 Å². The molecule has 7 aromatic rings. The van der Waals surface area contributed by atoms with Crippen molar-refractivity contribution in [2.45, 2.75) is 6.92 Å². The number of rotatable bonds is 6. The molecule has 0 unspecified atom stereocenters. The Kier molecular flexibility index (Phi) is 6.81. The van der Waals surface area contributed by atoms with Gasteiger partial charge in [-0.25, -0.2) is 0 Å². The highest BCUT2D eigenvalue weighted by Crippen LogP contribution is 2.35. The highest BCUT2D eigenvalue weighted by Gasteiger charge is 2.29. The smallest absolute Gasteiger partial charge is 0.242 e. The average Bonchev–Trinajstić information content (AvgIpc) is 3.06. The van der Waals surface area contributed by atoms with E-state index in [1.165, 1.54) is 59.9 Å². The maximum absolute atomic E-state index is 5.90. The Bertz CT molecular complexity index is 2030. The number of ether oxygens (including phenoxy) is 1. The van der Waals surface area contributed by atoms with Gasteiger partial charge in [-0.1, -0.05) is 156 Å². The molecule has 0 aromatic heterocycles. The minimum Gasteiger partial charge on any atom is -0.496 e. The third-order valence-corrected chi connectivity index (χ3v) is 8.48. The molecule has 0 aliphatic carbocycles. The van der Waals surface area contributed by atoms with Crippen LogP contribution in [0.4, 0.5) is 0 Å². The zero-order chi connectivity index (χ0) is 28.5. The molecule has 0 bridgehead atoms. The van der Waals surface area contributed by atoms with E-state index in [4.69, 9.17) is 4.74 Å². The SMILES string of the molecule is COc1ccccc1/C(C)=C(\B(c1ccc2ccccc2c1)c1ccc2ccccc2c1)c1ccc2ccccc2c1. The van der Waals surface area contributed by atoms with E-state index in [0.29, 0.717) is 0 Å². The lowest BCUT2D eigenvalue weighted by molar-refractivity contribution is 0.413. The first-order valence-corrected chi connectivity index (χ1v) is 14.5. The fourth-order valence-electron chi connectivity index (χ4n) is 6.36. The van der Waals surface area contributed by atoms with Gasteiger partial charge in [0.05, 0.1) is 7.11 Å². The standard InChI is InChI=1S/C40H31BO/c1-28(38-17-9-10-18-39(38)42-2)40(35-20-19-29-11-3-6-14-32(29)25-35)41(36-23-21-30-12-4-7-15-33(30)26-36)37-24-22-31-13-5-8-16-34(31)27-37/h3-27H,1-2H3/b40-28-. The average molecular weight is 538 g/mol. The predicted octanol–water partition coefficient (Wildman–Crippen LogP) is 8.93. The van der Waals surface area contributed by atoms with Gasteiger partial charge in [0, 0.05) is 5.56 Å². The van der Waals surface area contributed by atoms with Gasteiger partial charge in [-0.2, -0.15) is 0 Å². The minimum atomic E-state index is -0.00899. The summed E-state index contributed by atoms with van der Waals surface area (Å²) in [4.78, 5) is 0. The molecule has 0 atom stereocenters. The van der Waals surface area contributed by atoms with Gasteiger partial charge in [-0.15, -0.1) is 0 Å². The zero-order valence-electron chi connectivity index (χ0n) is 23.9. The predicted molar refractivity (Wildman–Crippen MR) is 182 cm³/mol. The van der Waals surface area contributed by atoms with E-state index < -0.39 is 0 Å². The first kappa shape index (κ1) is 25.9. The number of fused-ring (bicyclic) bond motifs is 3. The van der Waals surface area contributed by atoms with Gasteiger partial charge in [0.2, 0.25) is 6.71 Å². The monoisotopic (exact) mass is 538 g/mol. The summed E-state index contributed by atoms with van der Waals surface area (Å²) in [5, 5.41) is 7.45. The molecule has 0 fully saturated rings. The molecule has 0 aliphatic heterocycles. The molecule has 0 saturated heterocycles. The molecular formula is C40H31BO. The molecule has 0 aliphatic rings. The van der Waals surface area contributed by atoms with Crippen LogP contribution in [0, 0.1) is 0 Å². The van der Waals surface area contributed by atoms with Crippen molar-refractivity contribution in [3.8, 4) is 5.75 Å². The molecule has 7 aromatic carbocycles. The Morgan fingerprint density at radius 2 is 0.929 bits per heavy atom.